The Hall–Kier alpha value is -3.40. The minimum atomic E-state index is -0.295. The molecule has 180 valence electrons. The smallest absolute Gasteiger partial charge is 0.257 e. The monoisotopic (exact) mass is 483 g/mol. The fraction of sp³-hybridized carbons (Fsp3) is 0.417. The lowest BCUT2D eigenvalue weighted by molar-refractivity contribution is -0.131. The normalized spacial score (nSPS) is 13.3. The quantitative estimate of drug-likeness (QED) is 0.555. The molecule has 0 spiro atoms. The molecule has 3 aromatic heterocycles. The number of fused-ring (bicyclic) bond motifs is 1. The lowest BCUT2D eigenvalue weighted by Crippen LogP contribution is -2.34. The largest absolute Gasteiger partial charge is 0.496 e. The van der Waals surface area contributed by atoms with E-state index in [4.69, 9.17) is 4.74 Å². The summed E-state index contributed by atoms with van der Waals surface area (Å²) in [5.41, 5.74) is 3.67. The van der Waals surface area contributed by atoms with Gasteiger partial charge in [-0.05, 0) is 42.3 Å². The van der Waals surface area contributed by atoms with Crippen LogP contribution in [-0.4, -0.2) is 51.3 Å². The fourth-order valence-electron chi connectivity index (χ4n) is 4.33. The molecule has 0 aromatic carbocycles. The van der Waals surface area contributed by atoms with Crippen LogP contribution in [0.5, 0.6) is 5.75 Å². The van der Waals surface area contributed by atoms with Crippen molar-refractivity contribution in [1.82, 2.24) is 24.6 Å². The van der Waals surface area contributed by atoms with Crippen LogP contribution < -0.4 is 15.6 Å². The van der Waals surface area contributed by atoms with Crippen LogP contribution in [0.2, 0.25) is 0 Å². The lowest BCUT2D eigenvalue weighted by atomic mass is 10.1. The molecule has 0 unspecified atom stereocenters. The van der Waals surface area contributed by atoms with Crippen molar-refractivity contribution >= 4 is 23.2 Å². The second kappa shape index (κ2) is 10.3. The molecule has 0 saturated carbocycles. The zero-order chi connectivity index (χ0) is 24.2. The van der Waals surface area contributed by atoms with Gasteiger partial charge in [0, 0.05) is 63.0 Å². The van der Waals surface area contributed by atoms with Gasteiger partial charge >= 0.3 is 0 Å². The molecule has 3 aromatic rings. The first-order valence-electron chi connectivity index (χ1n) is 11.3. The summed E-state index contributed by atoms with van der Waals surface area (Å²) in [5.74, 6) is -0.0386. The molecule has 0 atom stereocenters. The Balaban J connectivity index is 1.50. The van der Waals surface area contributed by atoms with Crippen LogP contribution in [0.25, 0.3) is 0 Å². The predicted molar refractivity (Wildman–Crippen MR) is 129 cm³/mol. The summed E-state index contributed by atoms with van der Waals surface area (Å²) < 4.78 is 8.84. The molecule has 0 radical (unpaired) electrons. The Kier molecular flexibility index (Phi) is 7.16. The molecule has 0 saturated heterocycles. The Morgan fingerprint density at radius 3 is 2.71 bits per heavy atom. The van der Waals surface area contributed by atoms with Crippen LogP contribution in [0.15, 0.2) is 33.8 Å². The van der Waals surface area contributed by atoms with Gasteiger partial charge in [0.1, 0.15) is 11.3 Å². The molecule has 2 amide bonds. The molecule has 1 aliphatic rings. The third-order valence-corrected chi connectivity index (χ3v) is 6.80. The number of carbonyl (C=O) groups is 2. The van der Waals surface area contributed by atoms with Crippen LogP contribution in [0.3, 0.4) is 0 Å². The second-order valence-corrected chi connectivity index (χ2v) is 9.15. The van der Waals surface area contributed by atoms with E-state index in [0.29, 0.717) is 56.8 Å². The highest BCUT2D eigenvalue weighted by atomic mass is 32.1. The highest BCUT2D eigenvalue weighted by Crippen LogP contribution is 2.23. The number of ether oxygens (including phenoxy) is 1. The Morgan fingerprint density at radius 1 is 1.21 bits per heavy atom. The van der Waals surface area contributed by atoms with Gasteiger partial charge in [-0.1, -0.05) is 0 Å². The second-order valence-electron chi connectivity index (χ2n) is 8.37. The molecule has 34 heavy (non-hydrogen) atoms. The maximum Gasteiger partial charge on any atom is 0.257 e. The van der Waals surface area contributed by atoms with E-state index < -0.39 is 0 Å². The summed E-state index contributed by atoms with van der Waals surface area (Å²) in [4.78, 5) is 40.6. The van der Waals surface area contributed by atoms with E-state index in [1.165, 1.54) is 13.2 Å². The van der Waals surface area contributed by atoms with E-state index in [0.717, 1.165) is 17.0 Å². The SMILES string of the molecule is COc1cc(=O)n2c(c1C(=O)NCc1ccsc1)CCN(C(=O)CCn1nc(C)cc1C)CC2. The third kappa shape index (κ3) is 5.06. The number of nitrogens with zero attached hydrogens (tertiary/aromatic N) is 4. The molecular formula is C24H29N5O4S. The van der Waals surface area contributed by atoms with Crippen molar-refractivity contribution in [3.63, 3.8) is 0 Å². The van der Waals surface area contributed by atoms with Gasteiger partial charge in [0.2, 0.25) is 5.91 Å². The summed E-state index contributed by atoms with van der Waals surface area (Å²) >= 11 is 1.57. The number of carbonyl (C=O) groups excluding carboxylic acids is 2. The molecule has 4 rings (SSSR count). The Morgan fingerprint density at radius 2 is 2.03 bits per heavy atom. The van der Waals surface area contributed by atoms with Gasteiger partial charge in [-0.3, -0.25) is 19.1 Å². The number of nitrogens with one attached hydrogen (secondary N) is 1. The van der Waals surface area contributed by atoms with Crippen LogP contribution in [-0.2, 0) is 30.8 Å². The number of hydrogen-bond acceptors (Lipinski definition) is 6. The number of thiophene rings is 1. The summed E-state index contributed by atoms with van der Waals surface area (Å²) in [5, 5.41) is 11.3. The number of pyridine rings is 1. The first kappa shape index (κ1) is 23.7. The summed E-state index contributed by atoms with van der Waals surface area (Å²) in [6.45, 7) is 5.95. The van der Waals surface area contributed by atoms with E-state index >= 15 is 0 Å². The standard InChI is InChI=1S/C24H29N5O4S/c1-16-12-17(2)29(26-16)8-5-21(30)27-7-4-19-23(24(32)25-14-18-6-11-34-15-18)20(33-3)13-22(31)28(19)10-9-27/h6,11-13,15H,4-5,7-10,14H2,1-3H3,(H,25,32). The van der Waals surface area contributed by atoms with Crippen LogP contribution in [0, 0.1) is 13.8 Å². The molecule has 1 aliphatic heterocycles. The first-order chi connectivity index (χ1) is 16.4. The van der Waals surface area contributed by atoms with E-state index in [1.54, 1.807) is 20.8 Å². The number of amides is 2. The zero-order valence-electron chi connectivity index (χ0n) is 19.7. The maximum absolute atomic E-state index is 13.1. The molecule has 9 nitrogen and oxygen atoms in total. The van der Waals surface area contributed by atoms with Crippen LogP contribution >= 0.6 is 11.3 Å². The topological polar surface area (TPSA) is 98.5 Å². The predicted octanol–water partition coefficient (Wildman–Crippen LogP) is 2.14. The average Bonchev–Trinajstić information content (AvgIpc) is 3.38. The fourth-order valence-corrected chi connectivity index (χ4v) is 5.00. The highest BCUT2D eigenvalue weighted by molar-refractivity contribution is 7.07. The summed E-state index contributed by atoms with van der Waals surface area (Å²) in [7, 11) is 1.45. The van der Waals surface area contributed by atoms with Crippen molar-refractivity contribution in [3.05, 3.63) is 67.5 Å². The molecular weight excluding hydrogens is 454 g/mol. The maximum atomic E-state index is 13.1. The number of aryl methyl sites for hydroxylation is 3. The first-order valence-corrected chi connectivity index (χ1v) is 12.2. The highest BCUT2D eigenvalue weighted by Gasteiger charge is 2.26. The molecule has 0 aliphatic carbocycles. The Labute approximate surface area is 202 Å². The van der Waals surface area contributed by atoms with E-state index in [-0.39, 0.29) is 23.1 Å². The molecule has 0 fully saturated rings. The Bertz CT molecular complexity index is 1250. The van der Waals surface area contributed by atoms with Crippen molar-refractivity contribution in [2.45, 2.75) is 46.3 Å². The number of aromatic nitrogens is 3. The van der Waals surface area contributed by atoms with Crippen molar-refractivity contribution in [1.29, 1.82) is 0 Å². The van der Waals surface area contributed by atoms with Gasteiger partial charge in [-0.25, -0.2) is 0 Å². The van der Waals surface area contributed by atoms with Crippen molar-refractivity contribution in [2.24, 2.45) is 0 Å². The van der Waals surface area contributed by atoms with Crippen molar-refractivity contribution < 1.29 is 14.3 Å². The van der Waals surface area contributed by atoms with Crippen molar-refractivity contribution in [3.8, 4) is 5.75 Å². The molecule has 1 N–H and O–H groups in total. The lowest BCUT2D eigenvalue weighted by Gasteiger charge is -2.20. The molecule has 0 bridgehead atoms. The van der Waals surface area contributed by atoms with Gasteiger partial charge in [0.15, 0.2) is 0 Å². The van der Waals surface area contributed by atoms with Gasteiger partial charge in [-0.2, -0.15) is 16.4 Å². The number of hydrogen-bond donors (Lipinski definition) is 1. The van der Waals surface area contributed by atoms with Gasteiger partial charge < -0.3 is 19.5 Å². The number of methoxy groups -OCH3 is 1. The van der Waals surface area contributed by atoms with E-state index in [1.807, 2.05) is 41.4 Å². The van der Waals surface area contributed by atoms with E-state index in [9.17, 15) is 14.4 Å². The summed E-state index contributed by atoms with van der Waals surface area (Å²) in [6, 6.07) is 5.29. The zero-order valence-corrected chi connectivity index (χ0v) is 20.5. The minimum absolute atomic E-state index is 0.00355. The van der Waals surface area contributed by atoms with Crippen LogP contribution in [0.1, 0.15) is 39.4 Å². The summed E-state index contributed by atoms with van der Waals surface area (Å²) in [6.07, 6.45) is 0.712. The molecule has 10 heteroatoms. The molecule has 4 heterocycles. The van der Waals surface area contributed by atoms with Gasteiger partial charge in [-0.15, -0.1) is 0 Å². The van der Waals surface area contributed by atoms with E-state index in [2.05, 4.69) is 10.4 Å². The third-order valence-electron chi connectivity index (χ3n) is 6.07. The van der Waals surface area contributed by atoms with Crippen LogP contribution in [0.4, 0.5) is 0 Å². The minimum Gasteiger partial charge on any atom is -0.496 e. The van der Waals surface area contributed by atoms with Crippen molar-refractivity contribution in [2.75, 3.05) is 20.2 Å². The average molecular weight is 484 g/mol. The number of rotatable bonds is 7. The van der Waals surface area contributed by atoms with Gasteiger partial charge in [0.05, 0.1) is 12.8 Å². The van der Waals surface area contributed by atoms with Gasteiger partial charge in [0.25, 0.3) is 11.5 Å².